The fraction of sp³-hybridized carbons (Fsp3) is 0.583. The number of benzene rings is 1. The quantitative estimate of drug-likeness (QED) is 0.561. The summed E-state index contributed by atoms with van der Waals surface area (Å²) in [5.41, 5.74) is 1.49. The van der Waals surface area contributed by atoms with Gasteiger partial charge in [-0.1, -0.05) is 19.3 Å². The van der Waals surface area contributed by atoms with Crippen molar-refractivity contribution in [2.45, 2.75) is 76.7 Å². The van der Waals surface area contributed by atoms with Gasteiger partial charge in [0.15, 0.2) is 5.82 Å². The summed E-state index contributed by atoms with van der Waals surface area (Å²) in [6, 6.07) is 8.18. The van der Waals surface area contributed by atoms with Gasteiger partial charge in [0.05, 0.1) is 31.8 Å². The summed E-state index contributed by atoms with van der Waals surface area (Å²) < 4.78 is 13.0. The molecule has 1 N–H and O–H groups in total. The summed E-state index contributed by atoms with van der Waals surface area (Å²) in [6.45, 7) is 2.67. The molecule has 0 bridgehead atoms. The number of nitrogens with zero attached hydrogens (tertiary/aromatic N) is 5. The SMILES string of the molecule is COc1ccc2cc(CN(Cc3nnnn3C[C@H]3CCCO3)C3CCCCC3)c(=O)[nH]c2c1. The number of pyridine rings is 1. The first-order valence-corrected chi connectivity index (χ1v) is 12.0. The Labute approximate surface area is 193 Å². The van der Waals surface area contributed by atoms with E-state index in [-0.39, 0.29) is 11.7 Å². The Morgan fingerprint density at radius 3 is 2.82 bits per heavy atom. The van der Waals surface area contributed by atoms with Gasteiger partial charge in [-0.2, -0.15) is 0 Å². The number of hydrogen-bond donors (Lipinski definition) is 1. The van der Waals surface area contributed by atoms with E-state index in [2.05, 4.69) is 25.4 Å². The molecule has 9 heteroatoms. The van der Waals surface area contributed by atoms with Gasteiger partial charge in [-0.25, -0.2) is 4.68 Å². The van der Waals surface area contributed by atoms with Crippen molar-refractivity contribution in [2.75, 3.05) is 13.7 Å². The molecule has 1 aliphatic carbocycles. The fourth-order valence-corrected chi connectivity index (χ4v) is 5.09. The van der Waals surface area contributed by atoms with Gasteiger partial charge in [-0.3, -0.25) is 9.69 Å². The number of ether oxygens (including phenoxy) is 2. The van der Waals surface area contributed by atoms with Gasteiger partial charge in [-0.15, -0.1) is 5.10 Å². The molecule has 2 aromatic heterocycles. The largest absolute Gasteiger partial charge is 0.497 e. The summed E-state index contributed by atoms with van der Waals surface area (Å²) in [7, 11) is 1.63. The second-order valence-corrected chi connectivity index (χ2v) is 9.19. The maximum absolute atomic E-state index is 13.0. The van der Waals surface area contributed by atoms with Crippen LogP contribution < -0.4 is 10.3 Å². The van der Waals surface area contributed by atoms with E-state index in [1.54, 1.807) is 7.11 Å². The Kier molecular flexibility index (Phi) is 6.68. The zero-order valence-electron chi connectivity index (χ0n) is 19.2. The van der Waals surface area contributed by atoms with Crippen molar-refractivity contribution in [2.24, 2.45) is 0 Å². The number of H-pyrrole nitrogens is 1. The van der Waals surface area contributed by atoms with Gasteiger partial charge in [0.2, 0.25) is 0 Å². The van der Waals surface area contributed by atoms with E-state index < -0.39 is 0 Å². The van der Waals surface area contributed by atoms with E-state index in [0.29, 0.717) is 25.7 Å². The standard InChI is InChI=1S/C24H32N6O3/c1-32-20-10-9-17-12-18(24(31)25-22(17)13-20)14-29(19-6-3-2-4-7-19)16-23-26-27-28-30(23)15-21-8-5-11-33-21/h9-10,12-13,19,21H,2-8,11,14-16H2,1H3,(H,25,31)/t21-/m1/s1. The molecule has 0 spiro atoms. The van der Waals surface area contributed by atoms with Crippen LogP contribution in [0.4, 0.5) is 0 Å². The third-order valence-corrected chi connectivity index (χ3v) is 6.95. The summed E-state index contributed by atoms with van der Waals surface area (Å²) >= 11 is 0. The molecule has 0 amide bonds. The van der Waals surface area contributed by atoms with E-state index >= 15 is 0 Å². The average Bonchev–Trinajstić information content (AvgIpc) is 3.52. The number of tetrazole rings is 1. The molecular weight excluding hydrogens is 420 g/mol. The zero-order valence-corrected chi connectivity index (χ0v) is 19.2. The lowest BCUT2D eigenvalue weighted by Gasteiger charge is -2.34. The minimum atomic E-state index is -0.0597. The van der Waals surface area contributed by atoms with Crippen LogP contribution in [0.3, 0.4) is 0 Å². The van der Waals surface area contributed by atoms with E-state index in [4.69, 9.17) is 9.47 Å². The third-order valence-electron chi connectivity index (χ3n) is 6.95. The first-order chi connectivity index (χ1) is 16.2. The molecule has 1 saturated heterocycles. The number of fused-ring (bicyclic) bond motifs is 1. The number of aromatic nitrogens is 5. The van der Waals surface area contributed by atoms with Crippen LogP contribution in [0.15, 0.2) is 29.1 Å². The van der Waals surface area contributed by atoms with Crippen molar-refractivity contribution in [3.63, 3.8) is 0 Å². The van der Waals surface area contributed by atoms with Crippen LogP contribution in [0.1, 0.15) is 56.3 Å². The second-order valence-electron chi connectivity index (χ2n) is 9.19. The van der Waals surface area contributed by atoms with E-state index in [9.17, 15) is 4.79 Å². The maximum atomic E-state index is 13.0. The van der Waals surface area contributed by atoms with E-state index in [1.807, 2.05) is 28.9 Å². The van der Waals surface area contributed by atoms with Crippen molar-refractivity contribution in [1.82, 2.24) is 30.1 Å². The molecule has 176 valence electrons. The Balaban J connectivity index is 1.40. The van der Waals surface area contributed by atoms with Crippen LogP contribution in [0.2, 0.25) is 0 Å². The number of aromatic amines is 1. The lowest BCUT2D eigenvalue weighted by atomic mass is 9.93. The van der Waals surface area contributed by atoms with Gasteiger partial charge in [0.1, 0.15) is 5.75 Å². The van der Waals surface area contributed by atoms with Crippen molar-refractivity contribution in [3.05, 3.63) is 46.0 Å². The zero-order chi connectivity index (χ0) is 22.6. The van der Waals surface area contributed by atoms with Crippen LogP contribution in [-0.2, 0) is 24.4 Å². The highest BCUT2D eigenvalue weighted by Crippen LogP contribution is 2.26. The summed E-state index contributed by atoms with van der Waals surface area (Å²) in [5, 5.41) is 13.5. The lowest BCUT2D eigenvalue weighted by molar-refractivity contribution is 0.0893. The number of rotatable bonds is 8. The minimum Gasteiger partial charge on any atom is -0.497 e. The number of methoxy groups -OCH3 is 1. The summed E-state index contributed by atoms with van der Waals surface area (Å²) in [5.74, 6) is 1.56. The molecule has 33 heavy (non-hydrogen) atoms. The topological polar surface area (TPSA) is 98.2 Å². The summed E-state index contributed by atoms with van der Waals surface area (Å²) in [6.07, 6.45) is 8.29. The fourth-order valence-electron chi connectivity index (χ4n) is 5.09. The second kappa shape index (κ2) is 10.0. The van der Waals surface area contributed by atoms with Crippen molar-refractivity contribution >= 4 is 10.9 Å². The molecule has 9 nitrogen and oxygen atoms in total. The predicted molar refractivity (Wildman–Crippen MR) is 124 cm³/mol. The molecule has 3 heterocycles. The Bertz CT molecular complexity index is 1130. The molecule has 1 aromatic carbocycles. The third kappa shape index (κ3) is 5.09. The molecule has 1 aliphatic heterocycles. The highest BCUT2D eigenvalue weighted by atomic mass is 16.5. The Morgan fingerprint density at radius 2 is 2.03 bits per heavy atom. The van der Waals surface area contributed by atoms with Crippen molar-refractivity contribution in [1.29, 1.82) is 0 Å². The summed E-state index contributed by atoms with van der Waals surface area (Å²) in [4.78, 5) is 18.4. The van der Waals surface area contributed by atoms with Crippen molar-refractivity contribution in [3.8, 4) is 5.75 Å². The van der Waals surface area contributed by atoms with Gasteiger partial charge < -0.3 is 14.5 Å². The normalized spacial score (nSPS) is 19.5. The molecular formula is C24H32N6O3. The van der Waals surface area contributed by atoms with E-state index in [1.165, 1.54) is 19.3 Å². The average molecular weight is 453 g/mol. The molecule has 0 radical (unpaired) electrons. The molecule has 2 fully saturated rings. The van der Waals surface area contributed by atoms with Crippen LogP contribution in [-0.4, -0.2) is 56.0 Å². The molecule has 0 unspecified atom stereocenters. The highest BCUT2D eigenvalue weighted by Gasteiger charge is 2.26. The van der Waals surface area contributed by atoms with E-state index in [0.717, 1.165) is 60.3 Å². The van der Waals surface area contributed by atoms with Gasteiger partial charge in [0.25, 0.3) is 5.56 Å². The van der Waals surface area contributed by atoms with Crippen LogP contribution in [0.25, 0.3) is 10.9 Å². The van der Waals surface area contributed by atoms with Gasteiger partial charge in [-0.05, 0) is 59.7 Å². The maximum Gasteiger partial charge on any atom is 0.252 e. The molecule has 3 aromatic rings. The number of nitrogens with one attached hydrogen (secondary N) is 1. The number of hydrogen-bond acceptors (Lipinski definition) is 7. The van der Waals surface area contributed by atoms with Crippen LogP contribution in [0.5, 0.6) is 5.75 Å². The first-order valence-electron chi connectivity index (χ1n) is 12.0. The highest BCUT2D eigenvalue weighted by molar-refractivity contribution is 5.80. The predicted octanol–water partition coefficient (Wildman–Crippen LogP) is 3.04. The molecule has 2 aliphatic rings. The molecule has 1 atom stereocenters. The molecule has 5 rings (SSSR count). The van der Waals surface area contributed by atoms with Crippen LogP contribution in [0, 0.1) is 0 Å². The van der Waals surface area contributed by atoms with Gasteiger partial charge >= 0.3 is 0 Å². The Hall–Kier alpha value is -2.78. The lowest BCUT2D eigenvalue weighted by Crippen LogP contribution is -2.38. The molecule has 1 saturated carbocycles. The van der Waals surface area contributed by atoms with Crippen LogP contribution >= 0.6 is 0 Å². The monoisotopic (exact) mass is 452 g/mol. The first kappa shape index (κ1) is 22.0. The van der Waals surface area contributed by atoms with Gasteiger partial charge in [0, 0.05) is 30.8 Å². The minimum absolute atomic E-state index is 0.0597. The Morgan fingerprint density at radius 1 is 1.15 bits per heavy atom. The van der Waals surface area contributed by atoms with Crippen molar-refractivity contribution < 1.29 is 9.47 Å². The smallest absolute Gasteiger partial charge is 0.252 e.